The number of carbonyl (C=O) groups is 1. The minimum Gasteiger partial charge on any atom is -0.445 e. The normalized spacial score (nSPS) is 14.3. The molecule has 1 N–H and O–H groups in total. The van der Waals surface area contributed by atoms with Gasteiger partial charge in [0, 0.05) is 6.54 Å². The third-order valence-corrected chi connectivity index (χ3v) is 5.11. The van der Waals surface area contributed by atoms with Gasteiger partial charge < -0.3 is 10.1 Å². The van der Waals surface area contributed by atoms with E-state index < -0.39 is 0 Å². The van der Waals surface area contributed by atoms with E-state index in [4.69, 9.17) is 4.74 Å². The Kier molecular flexibility index (Phi) is 15.6. The first-order chi connectivity index (χ1) is 12.3. The molecule has 0 spiro atoms. The molecule has 0 aliphatic heterocycles. The maximum absolute atomic E-state index is 11.2. The van der Waals surface area contributed by atoms with Gasteiger partial charge in [-0.3, -0.25) is 0 Å². The molecule has 0 saturated heterocycles. The Bertz CT molecular complexity index is 376. The van der Waals surface area contributed by atoms with Gasteiger partial charge in [-0.1, -0.05) is 78.2 Å². The molecule has 26 heavy (non-hydrogen) atoms. The Morgan fingerprint density at radius 1 is 0.923 bits per heavy atom. The lowest BCUT2D eigenvalue weighted by molar-refractivity contribution is 0.158. The molecule has 0 heterocycles. The van der Waals surface area contributed by atoms with E-state index in [1.807, 2.05) is 13.0 Å². The van der Waals surface area contributed by atoms with Crippen molar-refractivity contribution in [2.24, 2.45) is 17.8 Å². The monoisotopic (exact) mass is 367 g/mol. The van der Waals surface area contributed by atoms with Gasteiger partial charge in [0.25, 0.3) is 0 Å². The molecule has 0 bridgehead atoms. The van der Waals surface area contributed by atoms with Crippen molar-refractivity contribution >= 4 is 6.09 Å². The smallest absolute Gasteiger partial charge is 0.407 e. The van der Waals surface area contributed by atoms with Gasteiger partial charge in [-0.2, -0.15) is 0 Å². The second-order valence-electron chi connectivity index (χ2n) is 8.54. The van der Waals surface area contributed by atoms with Crippen LogP contribution in [0.25, 0.3) is 0 Å². The highest BCUT2D eigenvalue weighted by Gasteiger charge is 2.06. The van der Waals surface area contributed by atoms with Crippen LogP contribution >= 0.6 is 0 Å². The first-order valence-electron chi connectivity index (χ1n) is 10.9. The Morgan fingerprint density at radius 2 is 1.46 bits per heavy atom. The van der Waals surface area contributed by atoms with Crippen LogP contribution in [0.4, 0.5) is 4.79 Å². The largest absolute Gasteiger partial charge is 0.445 e. The molecule has 2 unspecified atom stereocenters. The summed E-state index contributed by atoms with van der Waals surface area (Å²) in [6, 6.07) is 0. The van der Waals surface area contributed by atoms with E-state index in [1.54, 1.807) is 0 Å². The molecular formula is C23H45NO2. The predicted molar refractivity (Wildman–Crippen MR) is 114 cm³/mol. The lowest BCUT2D eigenvalue weighted by atomic mass is 9.91. The fraction of sp³-hybridized carbons (Fsp3) is 0.870. The van der Waals surface area contributed by atoms with Gasteiger partial charge in [0.15, 0.2) is 0 Å². The molecule has 0 aromatic heterocycles. The second-order valence-corrected chi connectivity index (χ2v) is 8.54. The Labute approximate surface area is 163 Å². The summed E-state index contributed by atoms with van der Waals surface area (Å²) in [6.07, 6.45) is 13.6. The first kappa shape index (κ1) is 25.0. The van der Waals surface area contributed by atoms with Crippen LogP contribution in [0.5, 0.6) is 0 Å². The average molecular weight is 368 g/mol. The number of nitrogens with one attached hydrogen (secondary N) is 1. The lowest BCUT2D eigenvalue weighted by Crippen LogP contribution is -2.23. The fourth-order valence-electron chi connectivity index (χ4n) is 3.26. The molecule has 0 aliphatic carbocycles. The number of hydrogen-bond donors (Lipinski definition) is 1. The maximum atomic E-state index is 11.2. The van der Waals surface area contributed by atoms with Crippen LogP contribution in [0.2, 0.25) is 0 Å². The number of alkyl carbamates (subject to hydrolysis) is 1. The number of hydrogen-bond acceptors (Lipinski definition) is 2. The summed E-state index contributed by atoms with van der Waals surface area (Å²) in [7, 11) is 0. The van der Waals surface area contributed by atoms with Crippen LogP contribution in [0.3, 0.4) is 0 Å². The van der Waals surface area contributed by atoms with E-state index in [2.05, 4.69) is 39.9 Å². The summed E-state index contributed by atoms with van der Waals surface area (Å²) >= 11 is 0. The van der Waals surface area contributed by atoms with Crippen molar-refractivity contribution in [2.75, 3.05) is 13.2 Å². The highest BCUT2D eigenvalue weighted by Crippen LogP contribution is 2.22. The minimum absolute atomic E-state index is 0.330. The molecule has 3 nitrogen and oxygen atoms in total. The fourth-order valence-corrected chi connectivity index (χ4v) is 3.26. The molecule has 0 aromatic rings. The summed E-state index contributed by atoms with van der Waals surface area (Å²) in [5, 5.41) is 2.63. The standard InChI is InChI=1S/C23H45NO2/c1-7-24-23(25)26-18-17-22(6)16-10-15-21(5)14-9-13-20(4)12-8-11-19(2)3/h17,19-21H,7-16,18H2,1-6H3,(H,24,25)/b22-17+. The van der Waals surface area contributed by atoms with Gasteiger partial charge in [-0.05, 0) is 50.5 Å². The molecule has 0 radical (unpaired) electrons. The summed E-state index contributed by atoms with van der Waals surface area (Å²) in [5.74, 6) is 2.55. The van der Waals surface area contributed by atoms with Gasteiger partial charge in [0.2, 0.25) is 0 Å². The van der Waals surface area contributed by atoms with Crippen molar-refractivity contribution in [1.29, 1.82) is 0 Å². The lowest BCUT2D eigenvalue weighted by Gasteiger charge is -2.15. The van der Waals surface area contributed by atoms with Crippen LogP contribution in [-0.4, -0.2) is 19.2 Å². The van der Waals surface area contributed by atoms with E-state index in [9.17, 15) is 4.79 Å². The number of ether oxygens (including phenoxy) is 1. The van der Waals surface area contributed by atoms with E-state index in [-0.39, 0.29) is 6.09 Å². The van der Waals surface area contributed by atoms with Crippen LogP contribution < -0.4 is 5.32 Å². The zero-order chi connectivity index (χ0) is 19.8. The van der Waals surface area contributed by atoms with Crippen LogP contribution in [0, 0.1) is 17.8 Å². The second kappa shape index (κ2) is 16.2. The van der Waals surface area contributed by atoms with Gasteiger partial charge in [-0.25, -0.2) is 4.79 Å². The SMILES string of the molecule is CCNC(=O)OC/C=C(\C)CCCC(C)CCCC(C)CCCC(C)C. The zero-order valence-electron chi connectivity index (χ0n) is 18.4. The van der Waals surface area contributed by atoms with Crippen molar-refractivity contribution in [3.05, 3.63) is 11.6 Å². The molecule has 0 aromatic carbocycles. The third-order valence-electron chi connectivity index (χ3n) is 5.11. The van der Waals surface area contributed by atoms with Gasteiger partial charge in [0.05, 0.1) is 0 Å². The molecule has 0 rings (SSSR count). The van der Waals surface area contributed by atoms with E-state index in [0.717, 1.165) is 24.2 Å². The summed E-state index contributed by atoms with van der Waals surface area (Å²) in [6.45, 7) is 14.4. The highest BCUT2D eigenvalue weighted by atomic mass is 16.5. The van der Waals surface area contributed by atoms with Crippen LogP contribution in [-0.2, 0) is 4.74 Å². The molecule has 154 valence electrons. The Morgan fingerprint density at radius 3 is 2.00 bits per heavy atom. The Balaban J connectivity index is 3.66. The van der Waals surface area contributed by atoms with E-state index >= 15 is 0 Å². The topological polar surface area (TPSA) is 38.3 Å². The molecule has 0 fully saturated rings. The van der Waals surface area contributed by atoms with E-state index in [1.165, 1.54) is 56.9 Å². The van der Waals surface area contributed by atoms with Gasteiger partial charge in [-0.15, -0.1) is 0 Å². The summed E-state index contributed by atoms with van der Waals surface area (Å²) in [4.78, 5) is 11.2. The van der Waals surface area contributed by atoms with Crippen LogP contribution in [0.15, 0.2) is 11.6 Å². The van der Waals surface area contributed by atoms with Crippen molar-refractivity contribution in [1.82, 2.24) is 5.32 Å². The zero-order valence-corrected chi connectivity index (χ0v) is 18.4. The number of carbonyl (C=O) groups excluding carboxylic acids is 1. The maximum Gasteiger partial charge on any atom is 0.407 e. The van der Waals surface area contributed by atoms with E-state index in [0.29, 0.717) is 13.2 Å². The number of amides is 1. The third kappa shape index (κ3) is 16.5. The number of allylic oxidation sites excluding steroid dienone is 1. The minimum atomic E-state index is -0.330. The van der Waals surface area contributed by atoms with Crippen molar-refractivity contribution in [3.63, 3.8) is 0 Å². The van der Waals surface area contributed by atoms with Gasteiger partial charge >= 0.3 is 6.09 Å². The molecule has 3 heteroatoms. The van der Waals surface area contributed by atoms with Gasteiger partial charge in [0.1, 0.15) is 6.61 Å². The van der Waals surface area contributed by atoms with Crippen molar-refractivity contribution in [3.8, 4) is 0 Å². The van der Waals surface area contributed by atoms with Crippen LogP contribution in [0.1, 0.15) is 99.3 Å². The molecule has 2 atom stereocenters. The summed E-state index contributed by atoms with van der Waals surface area (Å²) < 4.78 is 5.07. The van der Waals surface area contributed by atoms with Crippen molar-refractivity contribution < 1.29 is 9.53 Å². The van der Waals surface area contributed by atoms with Crippen molar-refractivity contribution in [2.45, 2.75) is 99.3 Å². The summed E-state index contributed by atoms with van der Waals surface area (Å²) in [5.41, 5.74) is 1.32. The first-order valence-corrected chi connectivity index (χ1v) is 10.9. The quantitative estimate of drug-likeness (QED) is 0.313. The molecule has 0 aliphatic rings. The highest BCUT2D eigenvalue weighted by molar-refractivity contribution is 5.67. The molecule has 1 amide bonds. The predicted octanol–water partition coefficient (Wildman–Crippen LogP) is 7.12. The Hall–Kier alpha value is -0.990. The number of rotatable bonds is 15. The molecule has 0 saturated carbocycles. The average Bonchev–Trinajstić information content (AvgIpc) is 2.54. The molecular weight excluding hydrogens is 322 g/mol.